The Hall–Kier alpha value is -2.11. The summed E-state index contributed by atoms with van der Waals surface area (Å²) in [6.07, 6.45) is 4.30. The number of carboxylic acids is 1. The SMILES string of the molecule is CCC(CCNc1ccnc(C(=O)OC)c1)CCC(=O)O. The van der Waals surface area contributed by atoms with Crippen molar-refractivity contribution in [1.29, 1.82) is 0 Å². The van der Waals surface area contributed by atoms with Gasteiger partial charge in [-0.25, -0.2) is 9.78 Å². The second-order valence-electron chi connectivity index (χ2n) is 4.84. The lowest BCUT2D eigenvalue weighted by molar-refractivity contribution is -0.137. The van der Waals surface area contributed by atoms with Crippen LogP contribution in [-0.4, -0.2) is 35.7 Å². The monoisotopic (exact) mass is 294 g/mol. The topological polar surface area (TPSA) is 88.5 Å². The molecule has 1 aromatic rings. The van der Waals surface area contributed by atoms with Crippen molar-refractivity contribution in [2.24, 2.45) is 5.92 Å². The fourth-order valence-electron chi connectivity index (χ4n) is 2.06. The van der Waals surface area contributed by atoms with Gasteiger partial charge >= 0.3 is 11.9 Å². The molecule has 6 heteroatoms. The van der Waals surface area contributed by atoms with Gasteiger partial charge in [-0.3, -0.25) is 4.79 Å². The number of nitrogens with zero attached hydrogens (tertiary/aromatic N) is 1. The van der Waals surface area contributed by atoms with E-state index in [-0.39, 0.29) is 12.1 Å². The van der Waals surface area contributed by atoms with Crippen LogP contribution in [0.3, 0.4) is 0 Å². The number of methoxy groups -OCH3 is 1. The average molecular weight is 294 g/mol. The summed E-state index contributed by atoms with van der Waals surface area (Å²) in [4.78, 5) is 25.9. The van der Waals surface area contributed by atoms with Gasteiger partial charge in [0, 0.05) is 24.8 Å². The number of hydrogen-bond acceptors (Lipinski definition) is 5. The molecule has 0 aromatic carbocycles. The van der Waals surface area contributed by atoms with Gasteiger partial charge in [0.25, 0.3) is 0 Å². The minimum atomic E-state index is -0.752. The molecule has 0 fully saturated rings. The number of carboxylic acid groups (broad SMARTS) is 1. The Balaban J connectivity index is 2.44. The smallest absolute Gasteiger partial charge is 0.356 e. The lowest BCUT2D eigenvalue weighted by Crippen LogP contribution is -2.11. The summed E-state index contributed by atoms with van der Waals surface area (Å²) in [5, 5.41) is 11.9. The molecular formula is C15H22N2O4. The third-order valence-electron chi connectivity index (χ3n) is 3.38. The Bertz CT molecular complexity index is 476. The maximum absolute atomic E-state index is 11.4. The number of ether oxygens (including phenoxy) is 1. The van der Waals surface area contributed by atoms with Crippen molar-refractivity contribution < 1.29 is 19.4 Å². The number of pyridine rings is 1. The molecule has 0 spiro atoms. The molecule has 0 aliphatic carbocycles. The summed E-state index contributed by atoms with van der Waals surface area (Å²) < 4.78 is 4.62. The average Bonchev–Trinajstić information content (AvgIpc) is 2.49. The molecule has 0 bridgehead atoms. The van der Waals surface area contributed by atoms with Crippen LogP contribution in [0.4, 0.5) is 5.69 Å². The highest BCUT2D eigenvalue weighted by molar-refractivity contribution is 5.88. The zero-order valence-corrected chi connectivity index (χ0v) is 12.5. The van der Waals surface area contributed by atoms with Gasteiger partial charge in [-0.05, 0) is 30.9 Å². The first-order valence-electron chi connectivity index (χ1n) is 7.06. The Morgan fingerprint density at radius 2 is 2.19 bits per heavy atom. The standard InChI is InChI=1S/C15H22N2O4/c1-3-11(4-5-14(18)19)6-8-16-12-7-9-17-13(10-12)15(20)21-2/h7,9-11H,3-6,8H2,1-2H3,(H,16,17)(H,18,19). The van der Waals surface area contributed by atoms with E-state index in [9.17, 15) is 9.59 Å². The van der Waals surface area contributed by atoms with E-state index in [1.54, 1.807) is 18.3 Å². The number of anilines is 1. The largest absolute Gasteiger partial charge is 0.481 e. The van der Waals surface area contributed by atoms with Gasteiger partial charge < -0.3 is 15.2 Å². The number of carbonyl (C=O) groups is 2. The molecule has 21 heavy (non-hydrogen) atoms. The Morgan fingerprint density at radius 1 is 1.43 bits per heavy atom. The van der Waals surface area contributed by atoms with Gasteiger partial charge in [0.2, 0.25) is 0 Å². The first-order chi connectivity index (χ1) is 10.1. The number of aromatic nitrogens is 1. The van der Waals surface area contributed by atoms with Crippen LogP contribution in [0, 0.1) is 5.92 Å². The quantitative estimate of drug-likeness (QED) is 0.680. The number of esters is 1. The highest BCUT2D eigenvalue weighted by Gasteiger charge is 2.10. The van der Waals surface area contributed by atoms with Gasteiger partial charge in [-0.15, -0.1) is 0 Å². The van der Waals surface area contributed by atoms with Gasteiger partial charge in [0.05, 0.1) is 7.11 Å². The second-order valence-corrected chi connectivity index (χ2v) is 4.84. The van der Waals surface area contributed by atoms with Crippen LogP contribution in [0.1, 0.15) is 43.1 Å². The maximum atomic E-state index is 11.4. The van der Waals surface area contributed by atoms with Gasteiger partial charge in [0.15, 0.2) is 0 Å². The van der Waals surface area contributed by atoms with E-state index >= 15 is 0 Å². The molecular weight excluding hydrogens is 272 g/mol. The molecule has 0 saturated carbocycles. The van der Waals surface area contributed by atoms with Crippen molar-refractivity contribution in [3.05, 3.63) is 24.0 Å². The van der Waals surface area contributed by atoms with E-state index in [4.69, 9.17) is 5.11 Å². The first-order valence-corrected chi connectivity index (χ1v) is 7.06. The predicted octanol–water partition coefficient (Wildman–Crippen LogP) is 2.56. The molecule has 1 heterocycles. The van der Waals surface area contributed by atoms with Crippen LogP contribution in [0.2, 0.25) is 0 Å². The van der Waals surface area contributed by atoms with Crippen molar-refractivity contribution in [3.63, 3.8) is 0 Å². The highest BCUT2D eigenvalue weighted by Crippen LogP contribution is 2.16. The molecule has 0 aliphatic heterocycles. The molecule has 1 rings (SSSR count). The molecule has 1 aromatic heterocycles. The highest BCUT2D eigenvalue weighted by atomic mass is 16.5. The summed E-state index contributed by atoms with van der Waals surface area (Å²) in [6.45, 7) is 2.79. The zero-order valence-electron chi connectivity index (χ0n) is 12.5. The number of rotatable bonds is 9. The van der Waals surface area contributed by atoms with E-state index in [0.29, 0.717) is 12.3 Å². The van der Waals surface area contributed by atoms with E-state index in [1.165, 1.54) is 7.11 Å². The van der Waals surface area contributed by atoms with Crippen molar-refractivity contribution in [2.45, 2.75) is 32.6 Å². The van der Waals surface area contributed by atoms with Crippen LogP contribution in [-0.2, 0) is 9.53 Å². The number of aliphatic carboxylic acids is 1. The zero-order chi connectivity index (χ0) is 15.7. The van der Waals surface area contributed by atoms with E-state index in [2.05, 4.69) is 22.0 Å². The van der Waals surface area contributed by atoms with E-state index < -0.39 is 11.9 Å². The normalized spacial score (nSPS) is 11.7. The van der Waals surface area contributed by atoms with Gasteiger partial charge in [-0.1, -0.05) is 13.3 Å². The molecule has 1 atom stereocenters. The molecule has 1 unspecified atom stereocenters. The van der Waals surface area contributed by atoms with Crippen LogP contribution in [0.15, 0.2) is 18.3 Å². The molecule has 116 valence electrons. The van der Waals surface area contributed by atoms with Crippen LogP contribution >= 0.6 is 0 Å². The molecule has 0 radical (unpaired) electrons. The third kappa shape index (κ3) is 6.25. The fraction of sp³-hybridized carbons (Fsp3) is 0.533. The van der Waals surface area contributed by atoms with E-state index in [1.807, 2.05) is 0 Å². The Kier molecular flexibility index (Phi) is 7.21. The maximum Gasteiger partial charge on any atom is 0.356 e. The lowest BCUT2D eigenvalue weighted by Gasteiger charge is -2.14. The molecule has 0 amide bonds. The Morgan fingerprint density at radius 3 is 2.81 bits per heavy atom. The summed E-state index contributed by atoms with van der Waals surface area (Å²) in [6, 6.07) is 3.43. The second kappa shape index (κ2) is 8.94. The molecule has 2 N–H and O–H groups in total. The minimum Gasteiger partial charge on any atom is -0.481 e. The van der Waals surface area contributed by atoms with Crippen LogP contribution in [0.5, 0.6) is 0 Å². The van der Waals surface area contributed by atoms with E-state index in [0.717, 1.165) is 25.1 Å². The van der Waals surface area contributed by atoms with Crippen molar-refractivity contribution in [2.75, 3.05) is 19.0 Å². The van der Waals surface area contributed by atoms with Crippen molar-refractivity contribution in [3.8, 4) is 0 Å². The molecule has 0 aliphatic rings. The number of nitrogens with one attached hydrogen (secondary N) is 1. The lowest BCUT2D eigenvalue weighted by atomic mass is 9.96. The first kappa shape index (κ1) is 16.9. The fourth-order valence-corrected chi connectivity index (χ4v) is 2.06. The number of hydrogen-bond donors (Lipinski definition) is 2. The summed E-state index contributed by atoms with van der Waals surface area (Å²) in [5.41, 5.74) is 1.07. The number of carbonyl (C=O) groups excluding carboxylic acids is 1. The summed E-state index contributed by atoms with van der Waals surface area (Å²) in [5.74, 6) is -0.833. The Labute approximate surface area is 124 Å². The van der Waals surface area contributed by atoms with Crippen molar-refractivity contribution >= 4 is 17.6 Å². The molecule has 6 nitrogen and oxygen atoms in total. The summed E-state index contributed by atoms with van der Waals surface area (Å²) in [7, 11) is 1.32. The minimum absolute atomic E-state index is 0.209. The van der Waals surface area contributed by atoms with Gasteiger partial charge in [0.1, 0.15) is 5.69 Å². The molecule has 0 saturated heterocycles. The van der Waals surface area contributed by atoms with Crippen LogP contribution in [0.25, 0.3) is 0 Å². The summed E-state index contributed by atoms with van der Waals surface area (Å²) >= 11 is 0. The van der Waals surface area contributed by atoms with Crippen LogP contribution < -0.4 is 5.32 Å². The van der Waals surface area contributed by atoms with Crippen molar-refractivity contribution in [1.82, 2.24) is 4.98 Å². The third-order valence-corrected chi connectivity index (χ3v) is 3.38. The van der Waals surface area contributed by atoms with Gasteiger partial charge in [-0.2, -0.15) is 0 Å². The predicted molar refractivity (Wildman–Crippen MR) is 79.3 cm³/mol.